The summed E-state index contributed by atoms with van der Waals surface area (Å²) in [6.07, 6.45) is -1.59. The minimum absolute atomic E-state index is 0. The number of carboxylic acid groups (broad SMARTS) is 1. The molecule has 0 aliphatic carbocycles. The number of nitrogens with two attached hydrogens (primary N) is 1. The molecule has 0 fully saturated rings. The molecule has 0 saturated carbocycles. The zero-order valence-electron chi connectivity index (χ0n) is 17.2. The number of benzene rings is 1. The van der Waals surface area contributed by atoms with Crippen LogP contribution in [0.25, 0.3) is 11.3 Å². The zero-order chi connectivity index (χ0) is 25.0. The molecule has 0 radical (unpaired) electrons. The molecule has 0 amide bonds. The van der Waals surface area contributed by atoms with E-state index < -0.39 is 22.0 Å². The van der Waals surface area contributed by atoms with Gasteiger partial charge in [-0.1, -0.05) is 25.6 Å². The third kappa shape index (κ3) is 6.81. The summed E-state index contributed by atoms with van der Waals surface area (Å²) < 4.78 is 58.7. The van der Waals surface area contributed by atoms with Crippen molar-refractivity contribution in [3.05, 3.63) is 59.1 Å². The lowest BCUT2D eigenvalue weighted by Crippen LogP contribution is -2.21. The summed E-state index contributed by atoms with van der Waals surface area (Å²) in [5.41, 5.74) is 8.01. The molecule has 7 nitrogen and oxygen atoms in total. The molecule has 0 unspecified atom stereocenters. The standard InChI is InChI=1S/C18H17N3O2S3.C2HF3O2.CH4/c1-11-5-4-8-21-16(11)12-6-3-7-13(9-12)26(22,23)15-10-14(17(19)20)25-18(15)24-2;3-2(4,5)1(6)7;/h3-10H,1-2H3,(H3,19,20);(H,6,7);1H4. The van der Waals surface area contributed by atoms with Crippen LogP contribution in [0.4, 0.5) is 13.2 Å². The lowest BCUT2D eigenvalue weighted by atomic mass is 10.1. The van der Waals surface area contributed by atoms with Crippen LogP contribution in [-0.2, 0) is 14.6 Å². The maximum absolute atomic E-state index is 13.2. The summed E-state index contributed by atoms with van der Waals surface area (Å²) >= 11 is 2.55. The van der Waals surface area contributed by atoms with Gasteiger partial charge in [0.25, 0.3) is 0 Å². The predicted octanol–water partition coefficient (Wildman–Crippen LogP) is 5.23. The maximum atomic E-state index is 13.2. The number of sulfone groups is 1. The van der Waals surface area contributed by atoms with Crippen LogP contribution in [0.3, 0.4) is 0 Å². The second-order valence-corrected chi connectivity index (χ2v) is 10.4. The number of alkyl halides is 3. The van der Waals surface area contributed by atoms with Crippen LogP contribution in [0.15, 0.2) is 62.7 Å². The Kier molecular flexibility index (Phi) is 9.84. The average molecular weight is 534 g/mol. The smallest absolute Gasteiger partial charge is 0.475 e. The molecule has 1 aromatic carbocycles. The normalized spacial score (nSPS) is 11.1. The quantitative estimate of drug-likeness (QED) is 0.232. The van der Waals surface area contributed by atoms with Crippen LogP contribution in [0.2, 0.25) is 0 Å². The fourth-order valence-electron chi connectivity index (χ4n) is 2.55. The fourth-order valence-corrected chi connectivity index (χ4v) is 6.45. The van der Waals surface area contributed by atoms with Crippen molar-refractivity contribution < 1.29 is 31.5 Å². The van der Waals surface area contributed by atoms with E-state index in [0.29, 0.717) is 9.09 Å². The van der Waals surface area contributed by atoms with E-state index in [1.165, 1.54) is 29.2 Å². The monoisotopic (exact) mass is 533 g/mol. The molecule has 13 heteroatoms. The van der Waals surface area contributed by atoms with E-state index in [-0.39, 0.29) is 23.1 Å². The number of aromatic nitrogens is 1. The van der Waals surface area contributed by atoms with E-state index in [4.69, 9.17) is 21.0 Å². The number of carboxylic acids is 1. The number of halogens is 3. The second kappa shape index (κ2) is 11.5. The van der Waals surface area contributed by atoms with Crippen molar-refractivity contribution in [1.82, 2.24) is 4.98 Å². The van der Waals surface area contributed by atoms with E-state index in [2.05, 4.69) is 4.98 Å². The van der Waals surface area contributed by atoms with Gasteiger partial charge in [0.2, 0.25) is 9.84 Å². The first kappa shape index (κ1) is 29.1. The number of aliphatic carboxylic acids is 1. The molecular weight excluding hydrogens is 511 g/mol. The van der Waals surface area contributed by atoms with Gasteiger partial charge < -0.3 is 10.8 Å². The number of hydrogen-bond donors (Lipinski definition) is 3. The Hall–Kier alpha value is -2.90. The van der Waals surface area contributed by atoms with Crippen LogP contribution in [0.1, 0.15) is 17.9 Å². The van der Waals surface area contributed by atoms with Gasteiger partial charge in [0.15, 0.2) is 0 Å². The van der Waals surface area contributed by atoms with Crippen molar-refractivity contribution in [1.29, 1.82) is 5.41 Å². The molecule has 3 rings (SSSR count). The van der Waals surface area contributed by atoms with Crippen LogP contribution < -0.4 is 5.73 Å². The number of nitrogens with one attached hydrogen (secondary N) is 1. The van der Waals surface area contributed by atoms with Crippen molar-refractivity contribution in [3.8, 4) is 11.3 Å². The first-order chi connectivity index (χ1) is 15.3. The summed E-state index contributed by atoms with van der Waals surface area (Å²) in [5, 5.41) is 14.7. The minimum Gasteiger partial charge on any atom is -0.475 e. The number of aryl methyl sites for hydroxylation is 1. The SMILES string of the molecule is C.CSc1sc(C(=N)N)cc1S(=O)(=O)c1cccc(-c2ncccc2C)c1.O=C(O)C(F)(F)F. The van der Waals surface area contributed by atoms with Gasteiger partial charge in [-0.25, -0.2) is 13.2 Å². The third-order valence-electron chi connectivity index (χ3n) is 4.08. The number of hydrogen-bond acceptors (Lipinski definition) is 7. The first-order valence-electron chi connectivity index (χ1n) is 8.88. The lowest BCUT2D eigenvalue weighted by molar-refractivity contribution is -0.192. The molecule has 2 aromatic heterocycles. The zero-order valence-corrected chi connectivity index (χ0v) is 19.6. The summed E-state index contributed by atoms with van der Waals surface area (Å²) in [7, 11) is -3.73. The Morgan fingerprint density at radius 3 is 2.32 bits per heavy atom. The maximum Gasteiger partial charge on any atom is 0.490 e. The second-order valence-electron chi connectivity index (χ2n) is 6.38. The molecule has 4 N–H and O–H groups in total. The van der Waals surface area contributed by atoms with Gasteiger partial charge in [-0.05, 0) is 43.0 Å². The topological polar surface area (TPSA) is 134 Å². The summed E-state index contributed by atoms with van der Waals surface area (Å²) in [6.45, 7) is 1.94. The van der Waals surface area contributed by atoms with E-state index in [0.717, 1.165) is 16.8 Å². The van der Waals surface area contributed by atoms with Gasteiger partial charge in [-0.3, -0.25) is 10.4 Å². The highest BCUT2D eigenvalue weighted by atomic mass is 32.2. The molecule has 3 aromatic rings. The van der Waals surface area contributed by atoms with Gasteiger partial charge in [0.05, 0.1) is 24.6 Å². The van der Waals surface area contributed by atoms with Crippen molar-refractivity contribution >= 4 is 44.7 Å². The number of rotatable bonds is 5. The lowest BCUT2D eigenvalue weighted by Gasteiger charge is -2.08. The third-order valence-corrected chi connectivity index (χ3v) is 8.41. The van der Waals surface area contributed by atoms with Crippen LogP contribution in [-0.4, -0.2) is 42.7 Å². The Morgan fingerprint density at radius 2 is 1.82 bits per heavy atom. The van der Waals surface area contributed by atoms with Crippen molar-refractivity contribution in [2.24, 2.45) is 5.73 Å². The highest BCUT2D eigenvalue weighted by molar-refractivity contribution is 8.01. The van der Waals surface area contributed by atoms with E-state index in [1.807, 2.05) is 31.4 Å². The Balaban J connectivity index is 0.000000633. The highest BCUT2D eigenvalue weighted by Gasteiger charge is 2.38. The van der Waals surface area contributed by atoms with Crippen LogP contribution in [0.5, 0.6) is 0 Å². The molecule has 0 spiro atoms. The predicted molar refractivity (Wildman–Crippen MR) is 127 cm³/mol. The molecule has 0 aliphatic rings. The Bertz CT molecular complexity index is 1290. The summed E-state index contributed by atoms with van der Waals surface area (Å²) in [5.74, 6) is -2.89. The summed E-state index contributed by atoms with van der Waals surface area (Å²) in [6, 6.07) is 12.0. The molecule has 0 aliphatic heterocycles. The van der Waals surface area contributed by atoms with Crippen molar-refractivity contribution in [3.63, 3.8) is 0 Å². The van der Waals surface area contributed by atoms with Gasteiger partial charge in [-0.2, -0.15) is 13.2 Å². The highest BCUT2D eigenvalue weighted by Crippen LogP contribution is 2.37. The van der Waals surface area contributed by atoms with Crippen LogP contribution >= 0.6 is 23.1 Å². The number of nitrogen functional groups attached to an aromatic ring is 1. The Morgan fingerprint density at radius 1 is 1.21 bits per heavy atom. The van der Waals surface area contributed by atoms with E-state index >= 15 is 0 Å². The van der Waals surface area contributed by atoms with Crippen molar-refractivity contribution in [2.45, 2.75) is 34.5 Å². The molecule has 0 bridgehead atoms. The van der Waals surface area contributed by atoms with Crippen molar-refractivity contribution in [2.75, 3.05) is 6.26 Å². The molecule has 2 heterocycles. The van der Waals surface area contributed by atoms with Crippen LogP contribution in [0, 0.1) is 12.3 Å². The number of thioether (sulfide) groups is 1. The van der Waals surface area contributed by atoms with Gasteiger partial charge in [0.1, 0.15) is 5.84 Å². The molecular formula is C21H22F3N3O4S3. The minimum atomic E-state index is -5.08. The molecule has 34 heavy (non-hydrogen) atoms. The Labute approximate surface area is 203 Å². The van der Waals surface area contributed by atoms with Gasteiger partial charge in [0, 0.05) is 11.8 Å². The number of nitrogens with zero attached hydrogens (tertiary/aromatic N) is 1. The fraction of sp³-hybridized carbons (Fsp3) is 0.190. The molecule has 0 saturated heterocycles. The largest absolute Gasteiger partial charge is 0.490 e. The molecule has 184 valence electrons. The number of carbonyl (C=O) groups is 1. The first-order valence-corrected chi connectivity index (χ1v) is 12.4. The van der Waals surface area contributed by atoms with E-state index in [9.17, 15) is 21.6 Å². The van der Waals surface area contributed by atoms with Gasteiger partial charge >= 0.3 is 12.1 Å². The molecule has 0 atom stereocenters. The number of thiophene rings is 1. The van der Waals surface area contributed by atoms with E-state index in [1.54, 1.807) is 24.4 Å². The number of pyridine rings is 1. The van der Waals surface area contributed by atoms with Gasteiger partial charge in [-0.15, -0.1) is 23.1 Å². The number of amidine groups is 1. The average Bonchev–Trinajstić information content (AvgIpc) is 3.20. The summed E-state index contributed by atoms with van der Waals surface area (Å²) in [4.78, 5) is 14.1.